The van der Waals surface area contributed by atoms with Crippen LogP contribution in [0.3, 0.4) is 0 Å². The van der Waals surface area contributed by atoms with E-state index >= 15 is 0 Å². The number of carbonyl (C=O) groups is 1. The molecular weight excluding hydrogens is 241 g/mol. The van der Waals surface area contributed by atoms with Gasteiger partial charge in [-0.3, -0.25) is 4.79 Å². The van der Waals surface area contributed by atoms with E-state index in [4.69, 9.17) is 17.3 Å². The molecule has 1 rings (SSSR count). The van der Waals surface area contributed by atoms with Crippen molar-refractivity contribution in [1.82, 2.24) is 0 Å². The Morgan fingerprint density at radius 1 is 1.53 bits per heavy atom. The molecule has 0 heterocycles. The maximum atomic E-state index is 13.1. The van der Waals surface area contributed by atoms with Gasteiger partial charge in [-0.25, -0.2) is 4.39 Å². The average Bonchev–Trinajstić information content (AvgIpc) is 2.31. The predicted octanol–water partition coefficient (Wildman–Crippen LogP) is 2.97. The fraction of sp³-hybridized carbons (Fsp3) is 0.462. The number of hydrogen-bond acceptors (Lipinski definition) is 2. The van der Waals surface area contributed by atoms with Crippen LogP contribution in [0.4, 0.5) is 4.39 Å². The smallest absolute Gasteiger partial charge is 0.142 e. The topological polar surface area (TPSA) is 43.1 Å². The van der Waals surface area contributed by atoms with Crippen molar-refractivity contribution < 1.29 is 9.18 Å². The predicted molar refractivity (Wildman–Crippen MR) is 67.6 cm³/mol. The summed E-state index contributed by atoms with van der Waals surface area (Å²) in [4.78, 5) is 11.6. The van der Waals surface area contributed by atoms with E-state index in [1.165, 1.54) is 12.1 Å². The molecular formula is C13H17ClFNO. The quantitative estimate of drug-likeness (QED) is 0.851. The Bertz CT molecular complexity index is 395. The fourth-order valence-corrected chi connectivity index (χ4v) is 1.61. The van der Waals surface area contributed by atoms with Gasteiger partial charge in [0, 0.05) is 12.8 Å². The van der Waals surface area contributed by atoms with Crippen molar-refractivity contribution >= 4 is 17.4 Å². The Morgan fingerprint density at radius 2 is 2.24 bits per heavy atom. The highest BCUT2D eigenvalue weighted by molar-refractivity contribution is 6.30. The van der Waals surface area contributed by atoms with Crippen LogP contribution >= 0.6 is 11.6 Å². The lowest BCUT2D eigenvalue weighted by Crippen LogP contribution is -2.13. The average molecular weight is 258 g/mol. The molecule has 1 aromatic rings. The number of halogens is 2. The van der Waals surface area contributed by atoms with Crippen LogP contribution in [0.25, 0.3) is 0 Å². The first-order valence-corrected chi connectivity index (χ1v) is 6.06. The van der Waals surface area contributed by atoms with Crippen LogP contribution in [-0.4, -0.2) is 12.3 Å². The van der Waals surface area contributed by atoms with Crippen molar-refractivity contribution in [2.75, 3.05) is 6.54 Å². The van der Waals surface area contributed by atoms with E-state index < -0.39 is 5.82 Å². The molecule has 1 unspecified atom stereocenters. The second kappa shape index (κ2) is 6.72. The first kappa shape index (κ1) is 14.1. The number of Topliss-reactive ketones (excluding diaryl/α,β-unsaturated/α-hetero) is 1. The Labute approximate surface area is 106 Å². The summed E-state index contributed by atoms with van der Waals surface area (Å²) >= 11 is 5.56. The van der Waals surface area contributed by atoms with Gasteiger partial charge in [-0.1, -0.05) is 24.6 Å². The summed E-state index contributed by atoms with van der Waals surface area (Å²) in [6, 6.07) is 4.46. The molecule has 2 nitrogen and oxygen atoms in total. The van der Waals surface area contributed by atoms with Gasteiger partial charge in [-0.2, -0.15) is 0 Å². The third-order valence-electron chi connectivity index (χ3n) is 2.70. The van der Waals surface area contributed by atoms with E-state index in [1.807, 2.05) is 6.92 Å². The molecule has 0 spiro atoms. The summed E-state index contributed by atoms with van der Waals surface area (Å²) in [5.74, 6) is -0.0276. The van der Waals surface area contributed by atoms with Crippen LogP contribution in [0.5, 0.6) is 0 Å². The van der Waals surface area contributed by atoms with Crippen LogP contribution in [0, 0.1) is 11.7 Å². The minimum absolute atomic E-state index is 0.0814. The minimum atomic E-state index is -0.479. The van der Waals surface area contributed by atoms with Crippen LogP contribution in [-0.2, 0) is 11.2 Å². The molecule has 0 aliphatic heterocycles. The SMILES string of the molecule is CC(CN)CCC(=O)Cc1ccc(Cl)c(F)c1. The molecule has 0 amide bonds. The maximum Gasteiger partial charge on any atom is 0.142 e. The third-order valence-corrected chi connectivity index (χ3v) is 3.01. The van der Waals surface area contributed by atoms with E-state index in [0.29, 0.717) is 24.4 Å². The molecule has 0 radical (unpaired) electrons. The summed E-state index contributed by atoms with van der Waals surface area (Å²) in [6.45, 7) is 2.60. The Hall–Kier alpha value is -0.930. The van der Waals surface area contributed by atoms with Crippen LogP contribution in [0.2, 0.25) is 5.02 Å². The lowest BCUT2D eigenvalue weighted by atomic mass is 10.00. The monoisotopic (exact) mass is 257 g/mol. The van der Waals surface area contributed by atoms with Gasteiger partial charge in [0.1, 0.15) is 11.6 Å². The summed E-state index contributed by atoms with van der Waals surface area (Å²) in [6.07, 6.45) is 1.53. The van der Waals surface area contributed by atoms with Crippen molar-refractivity contribution in [1.29, 1.82) is 0 Å². The van der Waals surface area contributed by atoms with Gasteiger partial charge < -0.3 is 5.73 Å². The molecule has 94 valence electrons. The minimum Gasteiger partial charge on any atom is -0.330 e. The Morgan fingerprint density at radius 3 is 2.82 bits per heavy atom. The molecule has 2 N–H and O–H groups in total. The van der Waals surface area contributed by atoms with Crippen molar-refractivity contribution in [3.8, 4) is 0 Å². The van der Waals surface area contributed by atoms with Gasteiger partial charge in [0.15, 0.2) is 0 Å². The highest BCUT2D eigenvalue weighted by Gasteiger charge is 2.08. The number of hydrogen-bond donors (Lipinski definition) is 1. The van der Waals surface area contributed by atoms with Crippen LogP contribution < -0.4 is 5.73 Å². The lowest BCUT2D eigenvalue weighted by molar-refractivity contribution is -0.118. The zero-order valence-electron chi connectivity index (χ0n) is 9.88. The first-order valence-electron chi connectivity index (χ1n) is 5.68. The van der Waals surface area contributed by atoms with E-state index in [2.05, 4.69) is 0 Å². The third kappa shape index (κ3) is 4.84. The van der Waals surface area contributed by atoms with Crippen molar-refractivity contribution in [3.63, 3.8) is 0 Å². The van der Waals surface area contributed by atoms with Gasteiger partial charge in [-0.15, -0.1) is 0 Å². The van der Waals surface area contributed by atoms with Gasteiger partial charge >= 0.3 is 0 Å². The zero-order valence-corrected chi connectivity index (χ0v) is 10.6. The molecule has 0 aromatic heterocycles. The molecule has 0 aliphatic rings. The molecule has 17 heavy (non-hydrogen) atoms. The molecule has 1 aromatic carbocycles. The van der Waals surface area contributed by atoms with Crippen molar-refractivity contribution in [2.24, 2.45) is 11.7 Å². The van der Waals surface area contributed by atoms with Crippen LogP contribution in [0.1, 0.15) is 25.3 Å². The van der Waals surface area contributed by atoms with E-state index in [1.54, 1.807) is 6.07 Å². The number of ketones is 1. The van der Waals surface area contributed by atoms with Gasteiger partial charge in [0.05, 0.1) is 5.02 Å². The number of nitrogens with two attached hydrogens (primary N) is 1. The highest BCUT2D eigenvalue weighted by Crippen LogP contribution is 2.16. The van der Waals surface area contributed by atoms with E-state index in [-0.39, 0.29) is 17.2 Å². The largest absolute Gasteiger partial charge is 0.330 e. The summed E-state index contributed by atoms with van der Waals surface area (Å²) < 4.78 is 13.1. The number of benzene rings is 1. The molecule has 0 bridgehead atoms. The standard InChI is InChI=1S/C13H17ClFNO/c1-9(8-16)2-4-11(17)6-10-3-5-12(14)13(15)7-10/h3,5,7,9H,2,4,6,8,16H2,1H3. The van der Waals surface area contributed by atoms with E-state index in [9.17, 15) is 9.18 Å². The number of rotatable bonds is 6. The summed E-state index contributed by atoms with van der Waals surface area (Å²) in [7, 11) is 0. The first-order chi connectivity index (χ1) is 8.02. The zero-order chi connectivity index (χ0) is 12.8. The van der Waals surface area contributed by atoms with Gasteiger partial charge in [0.25, 0.3) is 0 Å². The highest BCUT2D eigenvalue weighted by atomic mass is 35.5. The second-order valence-electron chi connectivity index (χ2n) is 4.34. The molecule has 0 aliphatic carbocycles. The lowest BCUT2D eigenvalue weighted by Gasteiger charge is -2.07. The maximum absolute atomic E-state index is 13.1. The fourth-order valence-electron chi connectivity index (χ4n) is 1.49. The van der Waals surface area contributed by atoms with Crippen molar-refractivity contribution in [2.45, 2.75) is 26.2 Å². The molecule has 0 saturated carbocycles. The van der Waals surface area contributed by atoms with E-state index in [0.717, 1.165) is 6.42 Å². The second-order valence-corrected chi connectivity index (χ2v) is 4.75. The molecule has 1 atom stereocenters. The summed E-state index contributed by atoms with van der Waals surface area (Å²) in [5.41, 5.74) is 6.14. The van der Waals surface area contributed by atoms with Crippen LogP contribution in [0.15, 0.2) is 18.2 Å². The molecule has 4 heteroatoms. The normalized spacial score (nSPS) is 12.5. The molecule has 0 saturated heterocycles. The number of carbonyl (C=O) groups excluding carboxylic acids is 1. The van der Waals surface area contributed by atoms with Gasteiger partial charge in [0.2, 0.25) is 0 Å². The van der Waals surface area contributed by atoms with Crippen molar-refractivity contribution in [3.05, 3.63) is 34.6 Å². The Kier molecular flexibility index (Phi) is 5.59. The van der Waals surface area contributed by atoms with Gasteiger partial charge in [-0.05, 0) is 36.6 Å². The molecule has 0 fully saturated rings. The summed E-state index contributed by atoms with van der Waals surface area (Å²) in [5, 5.41) is 0.0814. The Balaban J connectivity index is 2.48.